The molecule has 1 heterocycles. The van der Waals surface area contributed by atoms with Crippen LogP contribution in [0.25, 0.3) is 0 Å². The van der Waals surface area contributed by atoms with Gasteiger partial charge in [-0.25, -0.2) is 0 Å². The second kappa shape index (κ2) is 10.6. The molecule has 0 spiro atoms. The van der Waals surface area contributed by atoms with E-state index in [1.54, 1.807) is 0 Å². The number of ether oxygens (including phenoxy) is 1. The third-order valence-electron chi connectivity index (χ3n) is 4.25. The zero-order chi connectivity index (χ0) is 15.8. The average molecular weight is 341 g/mol. The molecule has 1 amide bonds. The molecule has 0 radical (unpaired) electrons. The molecule has 4 nitrogen and oxygen atoms in total. The minimum absolute atomic E-state index is 0. The number of carbonyl (C=O) groups is 1. The number of rotatable bonds is 7. The van der Waals surface area contributed by atoms with E-state index >= 15 is 0 Å². The number of hydrogen-bond acceptors (Lipinski definition) is 3. The molecular weight excluding hydrogens is 312 g/mol. The van der Waals surface area contributed by atoms with Crippen LogP contribution in [-0.4, -0.2) is 31.6 Å². The first-order chi connectivity index (χ1) is 10.7. The van der Waals surface area contributed by atoms with Gasteiger partial charge in [-0.3, -0.25) is 4.79 Å². The lowest BCUT2D eigenvalue weighted by Crippen LogP contribution is -2.42. The molecule has 1 aliphatic rings. The van der Waals surface area contributed by atoms with Crippen LogP contribution in [0.4, 0.5) is 0 Å². The molecule has 1 unspecified atom stereocenters. The first-order valence-corrected chi connectivity index (χ1v) is 8.34. The second-order valence-corrected chi connectivity index (χ2v) is 6.14. The van der Waals surface area contributed by atoms with E-state index in [9.17, 15) is 4.79 Å². The minimum atomic E-state index is 0. The Morgan fingerprint density at radius 3 is 2.83 bits per heavy atom. The molecule has 0 saturated carbocycles. The van der Waals surface area contributed by atoms with Gasteiger partial charge in [-0.15, -0.1) is 12.4 Å². The van der Waals surface area contributed by atoms with Crippen molar-refractivity contribution in [2.75, 3.05) is 19.7 Å². The Morgan fingerprint density at radius 1 is 1.39 bits per heavy atom. The van der Waals surface area contributed by atoms with Gasteiger partial charge in [0.15, 0.2) is 0 Å². The van der Waals surface area contributed by atoms with E-state index in [-0.39, 0.29) is 30.3 Å². The van der Waals surface area contributed by atoms with E-state index in [0.717, 1.165) is 25.8 Å². The predicted octanol–water partition coefficient (Wildman–Crippen LogP) is 3.08. The maximum atomic E-state index is 12.1. The van der Waals surface area contributed by atoms with Crippen molar-refractivity contribution in [1.82, 2.24) is 10.6 Å². The van der Waals surface area contributed by atoms with Crippen molar-refractivity contribution in [2.24, 2.45) is 5.92 Å². The SMILES string of the molecule is CC(OCCCNC(=O)[C@H]1CCN[C@@H](C)C1)c1ccccc1.Cl. The Hall–Kier alpha value is -1.10. The fourth-order valence-electron chi connectivity index (χ4n) is 2.88. The van der Waals surface area contributed by atoms with Crippen molar-refractivity contribution >= 4 is 18.3 Å². The first-order valence-electron chi connectivity index (χ1n) is 8.34. The highest BCUT2D eigenvalue weighted by molar-refractivity contribution is 5.85. The van der Waals surface area contributed by atoms with Crippen LogP contribution in [0.2, 0.25) is 0 Å². The summed E-state index contributed by atoms with van der Waals surface area (Å²) in [6.07, 6.45) is 2.83. The molecule has 23 heavy (non-hydrogen) atoms. The van der Waals surface area contributed by atoms with Gasteiger partial charge in [0.25, 0.3) is 0 Å². The number of amides is 1. The van der Waals surface area contributed by atoms with Gasteiger partial charge in [-0.05, 0) is 45.2 Å². The van der Waals surface area contributed by atoms with Gasteiger partial charge < -0.3 is 15.4 Å². The smallest absolute Gasteiger partial charge is 0.223 e. The Morgan fingerprint density at radius 2 is 2.13 bits per heavy atom. The fraction of sp³-hybridized carbons (Fsp3) is 0.611. The molecule has 1 saturated heterocycles. The lowest BCUT2D eigenvalue weighted by atomic mass is 9.92. The number of nitrogens with one attached hydrogen (secondary N) is 2. The molecule has 2 rings (SSSR count). The molecule has 1 aliphatic heterocycles. The molecule has 0 aliphatic carbocycles. The van der Waals surface area contributed by atoms with Crippen LogP contribution in [0, 0.1) is 5.92 Å². The summed E-state index contributed by atoms with van der Waals surface area (Å²) < 4.78 is 5.81. The highest BCUT2D eigenvalue weighted by Gasteiger charge is 2.24. The monoisotopic (exact) mass is 340 g/mol. The summed E-state index contributed by atoms with van der Waals surface area (Å²) in [6.45, 7) is 6.50. The number of benzene rings is 1. The van der Waals surface area contributed by atoms with Gasteiger partial charge in [-0.2, -0.15) is 0 Å². The van der Waals surface area contributed by atoms with Crippen LogP contribution in [0.15, 0.2) is 30.3 Å². The highest BCUT2D eigenvalue weighted by Crippen LogP contribution is 2.17. The standard InChI is InChI=1S/C18H28N2O2.ClH/c1-14-13-17(9-11-19-14)18(21)20-10-6-12-22-15(2)16-7-4-3-5-8-16;/h3-5,7-8,14-15,17,19H,6,9-13H2,1-2H3,(H,20,21);1H/t14-,15?,17-;/m0./s1. The Kier molecular flexibility index (Phi) is 9.22. The number of hydrogen-bond donors (Lipinski definition) is 2. The zero-order valence-electron chi connectivity index (χ0n) is 14.1. The van der Waals surface area contributed by atoms with Gasteiger partial charge >= 0.3 is 0 Å². The van der Waals surface area contributed by atoms with Crippen LogP contribution in [-0.2, 0) is 9.53 Å². The van der Waals surface area contributed by atoms with Crippen LogP contribution < -0.4 is 10.6 Å². The third-order valence-corrected chi connectivity index (χ3v) is 4.25. The summed E-state index contributed by atoms with van der Waals surface area (Å²) in [7, 11) is 0. The highest BCUT2D eigenvalue weighted by atomic mass is 35.5. The van der Waals surface area contributed by atoms with Crippen molar-refractivity contribution < 1.29 is 9.53 Å². The van der Waals surface area contributed by atoms with Crippen LogP contribution in [0.5, 0.6) is 0 Å². The van der Waals surface area contributed by atoms with Gasteiger partial charge in [0.1, 0.15) is 0 Å². The second-order valence-electron chi connectivity index (χ2n) is 6.14. The maximum Gasteiger partial charge on any atom is 0.223 e. The van der Waals surface area contributed by atoms with E-state index < -0.39 is 0 Å². The van der Waals surface area contributed by atoms with Crippen LogP contribution in [0.1, 0.15) is 44.8 Å². The average Bonchev–Trinajstić information content (AvgIpc) is 2.55. The van der Waals surface area contributed by atoms with Gasteiger partial charge in [0, 0.05) is 25.1 Å². The van der Waals surface area contributed by atoms with Crippen molar-refractivity contribution in [1.29, 1.82) is 0 Å². The largest absolute Gasteiger partial charge is 0.374 e. The van der Waals surface area contributed by atoms with Gasteiger partial charge in [-0.1, -0.05) is 30.3 Å². The number of piperidine rings is 1. The summed E-state index contributed by atoms with van der Waals surface area (Å²) in [6, 6.07) is 10.6. The summed E-state index contributed by atoms with van der Waals surface area (Å²) in [5.74, 6) is 0.366. The maximum absolute atomic E-state index is 12.1. The van der Waals surface area contributed by atoms with E-state index in [4.69, 9.17) is 4.74 Å². The summed E-state index contributed by atoms with van der Waals surface area (Å²) in [5.41, 5.74) is 1.19. The normalized spacial score (nSPS) is 22.0. The lowest BCUT2D eigenvalue weighted by molar-refractivity contribution is -0.126. The zero-order valence-corrected chi connectivity index (χ0v) is 14.9. The van der Waals surface area contributed by atoms with Crippen LogP contribution >= 0.6 is 12.4 Å². The fourth-order valence-corrected chi connectivity index (χ4v) is 2.88. The van der Waals surface area contributed by atoms with E-state index in [2.05, 4.69) is 36.6 Å². The lowest BCUT2D eigenvalue weighted by Gasteiger charge is -2.27. The van der Waals surface area contributed by atoms with Crippen molar-refractivity contribution in [3.8, 4) is 0 Å². The van der Waals surface area contributed by atoms with Crippen molar-refractivity contribution in [3.05, 3.63) is 35.9 Å². The molecule has 2 N–H and O–H groups in total. The molecule has 130 valence electrons. The van der Waals surface area contributed by atoms with Crippen LogP contribution in [0.3, 0.4) is 0 Å². The first kappa shape index (κ1) is 19.9. The predicted molar refractivity (Wildman–Crippen MR) is 95.9 cm³/mol. The molecule has 1 aromatic carbocycles. The van der Waals surface area contributed by atoms with E-state index in [0.29, 0.717) is 19.2 Å². The molecule has 0 bridgehead atoms. The third kappa shape index (κ3) is 6.90. The van der Waals surface area contributed by atoms with E-state index in [1.165, 1.54) is 5.56 Å². The Bertz CT molecular complexity index is 456. The molecule has 3 atom stereocenters. The minimum Gasteiger partial charge on any atom is -0.374 e. The quantitative estimate of drug-likeness (QED) is 0.750. The van der Waals surface area contributed by atoms with Crippen molar-refractivity contribution in [2.45, 2.75) is 45.3 Å². The number of carbonyl (C=O) groups excluding carboxylic acids is 1. The molecule has 1 fully saturated rings. The van der Waals surface area contributed by atoms with Gasteiger partial charge in [0.2, 0.25) is 5.91 Å². The topological polar surface area (TPSA) is 50.4 Å². The van der Waals surface area contributed by atoms with Gasteiger partial charge in [0.05, 0.1) is 6.10 Å². The molecule has 1 aromatic rings. The Labute approximate surface area is 145 Å². The van der Waals surface area contributed by atoms with Crippen molar-refractivity contribution in [3.63, 3.8) is 0 Å². The summed E-state index contributed by atoms with van der Waals surface area (Å²) in [4.78, 5) is 12.1. The summed E-state index contributed by atoms with van der Waals surface area (Å²) in [5, 5.41) is 6.41. The van der Waals surface area contributed by atoms with E-state index in [1.807, 2.05) is 18.2 Å². The number of halogens is 1. The molecule has 0 aromatic heterocycles. The molecule has 5 heteroatoms. The summed E-state index contributed by atoms with van der Waals surface area (Å²) >= 11 is 0. The molecular formula is C18H29ClN2O2. The Balaban J connectivity index is 0.00000264.